The van der Waals surface area contributed by atoms with Crippen molar-refractivity contribution in [1.29, 1.82) is 0 Å². The Labute approximate surface area is 175 Å². The summed E-state index contributed by atoms with van der Waals surface area (Å²) in [6.45, 7) is 5.62. The number of fused-ring (bicyclic) bond motifs is 1. The molecule has 1 unspecified atom stereocenters. The van der Waals surface area contributed by atoms with Gasteiger partial charge in [0.2, 0.25) is 15.9 Å². The van der Waals surface area contributed by atoms with Crippen LogP contribution in [0.25, 0.3) is 11.0 Å². The van der Waals surface area contributed by atoms with Crippen LogP contribution in [0.2, 0.25) is 0 Å². The molecule has 2 N–H and O–H groups in total. The molecule has 0 saturated carbocycles. The van der Waals surface area contributed by atoms with Crippen LogP contribution in [0.3, 0.4) is 0 Å². The number of anilines is 1. The van der Waals surface area contributed by atoms with Gasteiger partial charge in [0, 0.05) is 19.8 Å². The summed E-state index contributed by atoms with van der Waals surface area (Å²) >= 11 is 1.32. The number of carbonyl (C=O) groups is 1. The van der Waals surface area contributed by atoms with Crippen LogP contribution in [0.15, 0.2) is 46.5 Å². The number of hydrogen-bond acceptors (Lipinski definition) is 5. The molecule has 1 aromatic heterocycles. The second kappa shape index (κ2) is 8.17. The molecule has 3 aromatic rings. The molecule has 3 rings (SSSR count). The monoisotopic (exact) mass is 432 g/mol. The minimum absolute atomic E-state index is 0.136. The summed E-state index contributed by atoms with van der Waals surface area (Å²) in [6, 6.07) is 10.7. The van der Waals surface area contributed by atoms with Gasteiger partial charge < -0.3 is 10.3 Å². The molecule has 0 spiro atoms. The van der Waals surface area contributed by atoms with Gasteiger partial charge in [-0.1, -0.05) is 23.9 Å². The van der Waals surface area contributed by atoms with E-state index in [0.717, 1.165) is 26.5 Å². The molecule has 0 aliphatic carbocycles. The molecule has 154 valence electrons. The first-order valence-electron chi connectivity index (χ1n) is 9.05. The van der Waals surface area contributed by atoms with Crippen molar-refractivity contribution in [3.63, 3.8) is 0 Å². The van der Waals surface area contributed by atoms with Crippen molar-refractivity contribution in [2.75, 3.05) is 19.4 Å². The predicted molar refractivity (Wildman–Crippen MR) is 117 cm³/mol. The summed E-state index contributed by atoms with van der Waals surface area (Å²) in [6.07, 6.45) is 0. The molecule has 2 aromatic carbocycles. The van der Waals surface area contributed by atoms with Gasteiger partial charge in [-0.3, -0.25) is 4.79 Å². The standard InChI is InChI=1S/C20H24N4O3S2/c1-12-6-9-16-18(10-12)23-20(22-16)28-14(3)19(25)21-17-11-15(8-7-13(17)2)29(26,27)24(4)5/h6-11,14H,1-5H3,(H,21,25)(H,22,23). The molecule has 7 nitrogen and oxygen atoms in total. The van der Waals surface area contributed by atoms with E-state index in [0.29, 0.717) is 10.8 Å². The quantitative estimate of drug-likeness (QED) is 0.581. The van der Waals surface area contributed by atoms with E-state index in [9.17, 15) is 13.2 Å². The Morgan fingerprint density at radius 3 is 2.59 bits per heavy atom. The van der Waals surface area contributed by atoms with E-state index in [-0.39, 0.29) is 10.8 Å². The Morgan fingerprint density at radius 2 is 1.90 bits per heavy atom. The van der Waals surface area contributed by atoms with Gasteiger partial charge in [-0.15, -0.1) is 0 Å². The zero-order chi connectivity index (χ0) is 21.3. The van der Waals surface area contributed by atoms with E-state index >= 15 is 0 Å². The van der Waals surface area contributed by atoms with Crippen molar-refractivity contribution in [2.24, 2.45) is 0 Å². The third-order valence-corrected chi connectivity index (χ3v) is 7.31. The first-order valence-corrected chi connectivity index (χ1v) is 11.4. The van der Waals surface area contributed by atoms with E-state index < -0.39 is 15.3 Å². The van der Waals surface area contributed by atoms with Gasteiger partial charge in [0.05, 0.1) is 21.2 Å². The largest absolute Gasteiger partial charge is 0.333 e. The number of nitrogens with one attached hydrogen (secondary N) is 2. The number of benzene rings is 2. The summed E-state index contributed by atoms with van der Waals surface area (Å²) in [5, 5.41) is 3.08. The second-order valence-corrected chi connectivity index (χ2v) is 10.6. The summed E-state index contributed by atoms with van der Waals surface area (Å²) in [5.74, 6) is -0.228. The third kappa shape index (κ3) is 4.63. The fourth-order valence-corrected chi connectivity index (χ4v) is 4.47. The molecule has 0 aliphatic rings. The minimum Gasteiger partial charge on any atom is -0.333 e. The number of thioether (sulfide) groups is 1. The minimum atomic E-state index is -3.58. The van der Waals surface area contributed by atoms with E-state index in [1.54, 1.807) is 13.0 Å². The summed E-state index contributed by atoms with van der Waals surface area (Å²) in [7, 11) is -0.631. The number of aryl methyl sites for hydroxylation is 2. The first-order chi connectivity index (χ1) is 13.6. The normalized spacial score (nSPS) is 13.0. The molecular weight excluding hydrogens is 408 g/mol. The molecule has 1 heterocycles. The lowest BCUT2D eigenvalue weighted by Gasteiger charge is -2.16. The molecule has 29 heavy (non-hydrogen) atoms. The third-order valence-electron chi connectivity index (χ3n) is 4.52. The van der Waals surface area contributed by atoms with Gasteiger partial charge in [0.15, 0.2) is 5.16 Å². The van der Waals surface area contributed by atoms with E-state index in [1.807, 2.05) is 32.0 Å². The Hall–Kier alpha value is -2.36. The zero-order valence-electron chi connectivity index (χ0n) is 17.0. The highest BCUT2D eigenvalue weighted by atomic mass is 32.2. The Kier molecular flexibility index (Phi) is 6.02. The number of rotatable bonds is 6. The fourth-order valence-electron chi connectivity index (χ4n) is 2.72. The van der Waals surface area contributed by atoms with Crippen molar-refractivity contribution in [3.05, 3.63) is 47.5 Å². The maximum atomic E-state index is 12.7. The van der Waals surface area contributed by atoms with Crippen molar-refractivity contribution < 1.29 is 13.2 Å². The van der Waals surface area contributed by atoms with Crippen LogP contribution < -0.4 is 5.32 Å². The van der Waals surface area contributed by atoms with Gasteiger partial charge in [0.1, 0.15) is 0 Å². The molecule has 0 bridgehead atoms. The van der Waals surface area contributed by atoms with E-state index in [2.05, 4.69) is 15.3 Å². The van der Waals surface area contributed by atoms with Gasteiger partial charge in [-0.2, -0.15) is 0 Å². The summed E-state index contributed by atoms with van der Waals surface area (Å²) in [5.41, 5.74) is 4.17. The lowest BCUT2D eigenvalue weighted by Crippen LogP contribution is -2.24. The lowest BCUT2D eigenvalue weighted by molar-refractivity contribution is -0.115. The Balaban J connectivity index is 1.76. The van der Waals surface area contributed by atoms with Crippen LogP contribution in [0.5, 0.6) is 0 Å². The van der Waals surface area contributed by atoms with E-state index in [1.165, 1.54) is 38.0 Å². The van der Waals surface area contributed by atoms with Crippen LogP contribution in [0.1, 0.15) is 18.1 Å². The average Bonchev–Trinajstić information content (AvgIpc) is 3.04. The molecule has 0 fully saturated rings. The van der Waals surface area contributed by atoms with Gasteiger partial charge >= 0.3 is 0 Å². The predicted octanol–water partition coefficient (Wildman–Crippen LogP) is 3.55. The number of H-pyrrole nitrogens is 1. The molecule has 1 amide bonds. The molecule has 0 saturated heterocycles. The van der Waals surface area contributed by atoms with Crippen LogP contribution >= 0.6 is 11.8 Å². The smallest absolute Gasteiger partial charge is 0.242 e. The SMILES string of the molecule is Cc1ccc2nc(SC(C)C(=O)Nc3cc(S(=O)(=O)N(C)C)ccc3C)[nH]c2c1. The maximum Gasteiger partial charge on any atom is 0.242 e. The van der Waals surface area contributed by atoms with Crippen molar-refractivity contribution in [1.82, 2.24) is 14.3 Å². The lowest BCUT2D eigenvalue weighted by atomic mass is 10.2. The number of sulfonamides is 1. The van der Waals surface area contributed by atoms with Crippen molar-refractivity contribution in [3.8, 4) is 0 Å². The number of hydrogen-bond donors (Lipinski definition) is 2. The van der Waals surface area contributed by atoms with Crippen molar-refractivity contribution >= 4 is 44.4 Å². The maximum absolute atomic E-state index is 12.7. The summed E-state index contributed by atoms with van der Waals surface area (Å²) < 4.78 is 25.9. The average molecular weight is 433 g/mol. The highest BCUT2D eigenvalue weighted by Crippen LogP contribution is 2.26. The topological polar surface area (TPSA) is 95.2 Å². The number of amides is 1. The van der Waals surface area contributed by atoms with Gasteiger partial charge in [-0.05, 0) is 56.2 Å². The Morgan fingerprint density at radius 1 is 1.17 bits per heavy atom. The zero-order valence-corrected chi connectivity index (χ0v) is 18.6. The first kappa shape index (κ1) is 21.4. The number of aromatic nitrogens is 2. The Bertz CT molecular complexity index is 1170. The number of aromatic amines is 1. The number of carbonyl (C=O) groups excluding carboxylic acids is 1. The molecular formula is C20H24N4O3S2. The van der Waals surface area contributed by atoms with Crippen LogP contribution in [-0.4, -0.2) is 47.9 Å². The fraction of sp³-hybridized carbons (Fsp3) is 0.300. The van der Waals surface area contributed by atoms with E-state index in [4.69, 9.17) is 0 Å². The molecule has 9 heteroatoms. The van der Waals surface area contributed by atoms with Crippen LogP contribution in [0.4, 0.5) is 5.69 Å². The molecule has 0 aliphatic heterocycles. The summed E-state index contributed by atoms with van der Waals surface area (Å²) in [4.78, 5) is 20.6. The van der Waals surface area contributed by atoms with Gasteiger partial charge in [0.25, 0.3) is 0 Å². The highest BCUT2D eigenvalue weighted by molar-refractivity contribution is 8.00. The molecule has 0 radical (unpaired) electrons. The van der Waals surface area contributed by atoms with Gasteiger partial charge in [-0.25, -0.2) is 17.7 Å². The van der Waals surface area contributed by atoms with Crippen LogP contribution in [0, 0.1) is 13.8 Å². The molecule has 1 atom stereocenters. The van der Waals surface area contributed by atoms with Crippen molar-refractivity contribution in [2.45, 2.75) is 36.1 Å². The number of nitrogens with zero attached hydrogens (tertiary/aromatic N) is 2. The number of imidazole rings is 1. The highest BCUT2D eigenvalue weighted by Gasteiger charge is 2.21. The van der Waals surface area contributed by atoms with Crippen LogP contribution in [-0.2, 0) is 14.8 Å². The second-order valence-electron chi connectivity index (χ2n) is 7.08.